The van der Waals surface area contributed by atoms with Crippen LogP contribution >= 0.6 is 0 Å². The molecule has 3 aromatic carbocycles. The highest BCUT2D eigenvalue weighted by atomic mass is 16.5. The van der Waals surface area contributed by atoms with Crippen molar-refractivity contribution in [2.24, 2.45) is 11.8 Å². The first kappa shape index (κ1) is 23.0. The van der Waals surface area contributed by atoms with E-state index in [0.717, 1.165) is 4.90 Å². The Morgan fingerprint density at radius 3 is 2.03 bits per heavy atom. The summed E-state index contributed by atoms with van der Waals surface area (Å²) in [4.78, 5) is 68.3. The Morgan fingerprint density at radius 1 is 0.838 bits per heavy atom. The van der Waals surface area contributed by atoms with Crippen LogP contribution in [-0.4, -0.2) is 41.6 Å². The summed E-state index contributed by atoms with van der Waals surface area (Å²) in [7, 11) is 0. The smallest absolute Gasteiger partial charge is 0.338 e. The molecule has 2 heterocycles. The van der Waals surface area contributed by atoms with E-state index in [1.165, 1.54) is 36.4 Å². The molecule has 2 fully saturated rings. The first-order valence-corrected chi connectivity index (χ1v) is 12.0. The van der Waals surface area contributed by atoms with Crippen LogP contribution in [0.1, 0.15) is 49.7 Å². The van der Waals surface area contributed by atoms with Gasteiger partial charge in [-0.25, -0.2) is 9.69 Å². The van der Waals surface area contributed by atoms with Crippen molar-refractivity contribution in [2.45, 2.75) is 18.6 Å². The van der Waals surface area contributed by atoms with E-state index in [1.807, 2.05) is 0 Å². The molecule has 0 unspecified atom stereocenters. The second-order valence-electron chi connectivity index (χ2n) is 9.17. The number of ether oxygens (including phenoxy) is 2. The zero-order valence-corrected chi connectivity index (χ0v) is 19.7. The molecule has 6 rings (SSSR count). The van der Waals surface area contributed by atoms with Crippen LogP contribution in [0.5, 0.6) is 0 Å². The summed E-state index contributed by atoms with van der Waals surface area (Å²) >= 11 is 0. The fourth-order valence-corrected chi connectivity index (χ4v) is 5.68. The van der Waals surface area contributed by atoms with E-state index < -0.39 is 52.9 Å². The van der Waals surface area contributed by atoms with Crippen molar-refractivity contribution in [3.63, 3.8) is 0 Å². The quantitative estimate of drug-likeness (QED) is 0.309. The van der Waals surface area contributed by atoms with E-state index in [0.29, 0.717) is 5.56 Å². The summed E-state index contributed by atoms with van der Waals surface area (Å²) in [6.45, 7) is 1.90. The summed E-state index contributed by atoms with van der Waals surface area (Å²) in [5.41, 5.74) is -0.680. The number of imide groups is 1. The van der Waals surface area contributed by atoms with Crippen molar-refractivity contribution in [3.8, 4) is 0 Å². The van der Waals surface area contributed by atoms with E-state index in [1.54, 1.807) is 49.4 Å². The molecule has 0 aromatic heterocycles. The first-order valence-electron chi connectivity index (χ1n) is 12.0. The van der Waals surface area contributed by atoms with Gasteiger partial charge in [-0.3, -0.25) is 19.2 Å². The Kier molecular flexibility index (Phi) is 5.17. The molecular weight excluding hydrogens is 474 g/mol. The number of fused-ring (bicyclic) bond motifs is 3. The van der Waals surface area contributed by atoms with Crippen LogP contribution in [0, 0.1) is 11.8 Å². The number of nitrogens with zero attached hydrogens (tertiary/aromatic N) is 1. The number of amides is 2. The monoisotopic (exact) mass is 495 g/mol. The van der Waals surface area contributed by atoms with Crippen molar-refractivity contribution < 1.29 is 33.4 Å². The highest BCUT2D eigenvalue weighted by Gasteiger charge is 2.74. The molecule has 1 aliphatic carbocycles. The lowest BCUT2D eigenvalue weighted by atomic mass is 9.77. The van der Waals surface area contributed by atoms with Crippen LogP contribution in [0.15, 0.2) is 78.9 Å². The highest BCUT2D eigenvalue weighted by Crippen LogP contribution is 2.57. The molecule has 0 saturated carbocycles. The Hall–Kier alpha value is -4.43. The topological polar surface area (TPSA) is 107 Å². The van der Waals surface area contributed by atoms with Crippen molar-refractivity contribution >= 4 is 35.0 Å². The van der Waals surface area contributed by atoms with Gasteiger partial charge >= 0.3 is 5.97 Å². The molecular formula is C29H21NO7. The van der Waals surface area contributed by atoms with Crippen molar-refractivity contribution in [1.29, 1.82) is 0 Å². The summed E-state index contributed by atoms with van der Waals surface area (Å²) in [5, 5.41) is 0. The molecule has 0 bridgehead atoms. The summed E-state index contributed by atoms with van der Waals surface area (Å²) in [6.07, 6.45) is -0.978. The second kappa shape index (κ2) is 8.31. The molecule has 0 radical (unpaired) electrons. The molecule has 0 N–H and O–H groups in total. The van der Waals surface area contributed by atoms with Crippen LogP contribution in [0.25, 0.3) is 0 Å². The molecule has 2 aliphatic heterocycles. The van der Waals surface area contributed by atoms with E-state index in [9.17, 15) is 24.0 Å². The number of ketones is 2. The minimum Gasteiger partial charge on any atom is -0.462 e. The minimum atomic E-state index is -2.12. The summed E-state index contributed by atoms with van der Waals surface area (Å²) < 4.78 is 11.2. The maximum Gasteiger partial charge on any atom is 0.338 e. The molecule has 2 amide bonds. The van der Waals surface area contributed by atoms with Gasteiger partial charge in [-0.1, -0.05) is 54.6 Å². The normalized spacial score (nSPS) is 23.5. The van der Waals surface area contributed by atoms with Gasteiger partial charge in [-0.05, 0) is 36.8 Å². The van der Waals surface area contributed by atoms with Gasteiger partial charge in [0.25, 0.3) is 0 Å². The van der Waals surface area contributed by atoms with E-state index in [4.69, 9.17) is 9.47 Å². The van der Waals surface area contributed by atoms with Gasteiger partial charge in [0.2, 0.25) is 29.0 Å². The summed E-state index contributed by atoms with van der Waals surface area (Å²) in [5.74, 6) is -5.41. The first-order chi connectivity index (χ1) is 17.9. The third-order valence-electron chi connectivity index (χ3n) is 7.28. The maximum absolute atomic E-state index is 13.9. The number of hydrogen-bond donors (Lipinski definition) is 0. The van der Waals surface area contributed by atoms with Gasteiger partial charge < -0.3 is 9.47 Å². The molecule has 8 heteroatoms. The number of benzene rings is 3. The SMILES string of the molecule is CCOC(=O)c1ccc(N2C(=O)[C@@H]3[C@@H](c4ccccc4)OC4(C(=O)c5ccccc5C4=O)[C@@H]3C2=O)cc1. The van der Waals surface area contributed by atoms with E-state index in [2.05, 4.69) is 0 Å². The lowest BCUT2D eigenvalue weighted by molar-refractivity contribution is -0.127. The van der Waals surface area contributed by atoms with Crippen LogP contribution in [-0.2, 0) is 19.1 Å². The van der Waals surface area contributed by atoms with Gasteiger partial charge in [0.05, 0.1) is 35.8 Å². The Balaban J connectivity index is 1.46. The number of carbonyl (C=O) groups is 5. The zero-order valence-electron chi connectivity index (χ0n) is 19.7. The van der Waals surface area contributed by atoms with Crippen LogP contribution in [0.4, 0.5) is 5.69 Å². The second-order valence-corrected chi connectivity index (χ2v) is 9.17. The Morgan fingerprint density at radius 2 is 1.43 bits per heavy atom. The number of Topliss-reactive ketones (excluding diaryl/α,β-unsaturated/α-hetero) is 2. The average molecular weight is 495 g/mol. The Bertz CT molecular complexity index is 1440. The van der Waals surface area contributed by atoms with Gasteiger partial charge in [0.15, 0.2) is 0 Å². The standard InChI is InChI=1S/C29H21NO7/c1-2-36-28(35)17-12-14-18(15-13-17)30-26(33)21-22(27(30)34)29(37-23(21)16-8-4-3-5-9-16)24(31)19-10-6-7-11-20(19)25(29)32/h3-15,21-23H,2H2,1H3/t21-,22-,23+/m0/s1. The number of anilines is 1. The van der Waals surface area contributed by atoms with E-state index in [-0.39, 0.29) is 29.0 Å². The third-order valence-corrected chi connectivity index (χ3v) is 7.28. The predicted octanol–water partition coefficient (Wildman–Crippen LogP) is 3.56. The Labute approximate surface area is 211 Å². The molecule has 3 aliphatic rings. The van der Waals surface area contributed by atoms with Crippen molar-refractivity contribution in [2.75, 3.05) is 11.5 Å². The maximum atomic E-state index is 13.9. The van der Waals surface area contributed by atoms with Crippen LogP contribution in [0.2, 0.25) is 0 Å². The van der Waals surface area contributed by atoms with Gasteiger partial charge in [-0.15, -0.1) is 0 Å². The molecule has 2 saturated heterocycles. The summed E-state index contributed by atoms with van der Waals surface area (Å²) in [6, 6.07) is 21.0. The fraction of sp³-hybridized carbons (Fsp3) is 0.207. The fourth-order valence-electron chi connectivity index (χ4n) is 5.68. The van der Waals surface area contributed by atoms with Crippen LogP contribution < -0.4 is 4.90 Å². The molecule has 184 valence electrons. The molecule has 1 spiro atoms. The lowest BCUT2D eigenvalue weighted by Crippen LogP contribution is -2.51. The number of carbonyl (C=O) groups excluding carboxylic acids is 5. The molecule has 3 atom stereocenters. The number of esters is 1. The molecule has 8 nitrogen and oxygen atoms in total. The van der Waals surface area contributed by atoms with Crippen molar-refractivity contribution in [3.05, 3.63) is 101 Å². The highest BCUT2D eigenvalue weighted by molar-refractivity contribution is 6.37. The van der Waals surface area contributed by atoms with E-state index >= 15 is 0 Å². The number of rotatable bonds is 4. The van der Waals surface area contributed by atoms with Gasteiger partial charge in [-0.2, -0.15) is 0 Å². The van der Waals surface area contributed by atoms with Crippen molar-refractivity contribution in [1.82, 2.24) is 0 Å². The zero-order chi connectivity index (χ0) is 25.9. The minimum absolute atomic E-state index is 0.178. The van der Waals surface area contributed by atoms with Gasteiger partial charge in [0.1, 0.15) is 0 Å². The predicted molar refractivity (Wildman–Crippen MR) is 130 cm³/mol. The average Bonchev–Trinajstić information content (AvgIpc) is 3.49. The third kappa shape index (κ3) is 3.09. The van der Waals surface area contributed by atoms with Gasteiger partial charge in [0, 0.05) is 11.1 Å². The molecule has 3 aromatic rings. The largest absolute Gasteiger partial charge is 0.462 e. The number of hydrogen-bond acceptors (Lipinski definition) is 7. The molecule has 37 heavy (non-hydrogen) atoms. The van der Waals surface area contributed by atoms with Crippen LogP contribution in [0.3, 0.4) is 0 Å². The lowest BCUT2D eigenvalue weighted by Gasteiger charge is -2.27.